The van der Waals surface area contributed by atoms with Gasteiger partial charge in [0.15, 0.2) is 5.69 Å². The lowest BCUT2D eigenvalue weighted by molar-refractivity contribution is -0.141. The molecule has 0 spiro atoms. The van der Waals surface area contributed by atoms with Crippen LogP contribution in [0.15, 0.2) is 24.3 Å². The molecule has 108 valence electrons. The Kier molecular flexibility index (Phi) is 3.94. The fourth-order valence-electron chi connectivity index (χ4n) is 1.84. The molecule has 0 saturated carbocycles. The van der Waals surface area contributed by atoms with E-state index in [0.717, 1.165) is 11.6 Å². The normalized spacial score (nSPS) is 11.7. The number of rotatable bonds is 3. The maximum absolute atomic E-state index is 12.7. The Morgan fingerprint density at radius 2 is 2.00 bits per heavy atom. The van der Waals surface area contributed by atoms with E-state index in [4.69, 9.17) is 16.3 Å². The predicted molar refractivity (Wildman–Crippen MR) is 69.4 cm³/mol. The average molecular weight is 305 g/mol. The lowest BCUT2D eigenvalue weighted by Crippen LogP contribution is -2.08. The Hall–Kier alpha value is -1.69. The lowest BCUT2D eigenvalue weighted by Gasteiger charge is -2.11. The molecule has 0 radical (unpaired) electrons. The molecule has 0 atom stereocenters. The number of ether oxygens (including phenoxy) is 1. The van der Waals surface area contributed by atoms with Crippen LogP contribution >= 0.6 is 11.6 Å². The standard InChI is InChI=1S/C13H12ClF3N2O/c1-8-5-12(13(15,16)17)18-19(8)10-4-3-9(7-14)6-11(10)20-2/h3-6H,7H2,1-2H3. The molecule has 1 aromatic carbocycles. The maximum atomic E-state index is 12.7. The summed E-state index contributed by atoms with van der Waals surface area (Å²) in [5.41, 5.74) is 0.690. The summed E-state index contributed by atoms with van der Waals surface area (Å²) in [6.45, 7) is 1.55. The van der Waals surface area contributed by atoms with E-state index in [1.54, 1.807) is 25.1 Å². The van der Waals surface area contributed by atoms with Crippen LogP contribution in [0.3, 0.4) is 0 Å². The van der Waals surface area contributed by atoms with Crippen molar-refractivity contribution in [2.24, 2.45) is 0 Å². The van der Waals surface area contributed by atoms with Crippen LogP contribution in [-0.2, 0) is 12.1 Å². The summed E-state index contributed by atoms with van der Waals surface area (Å²) in [6, 6.07) is 6.03. The van der Waals surface area contributed by atoms with Crippen LogP contribution in [0.5, 0.6) is 5.75 Å². The summed E-state index contributed by atoms with van der Waals surface area (Å²) >= 11 is 5.72. The van der Waals surface area contributed by atoms with Crippen molar-refractivity contribution in [3.05, 3.63) is 41.2 Å². The van der Waals surface area contributed by atoms with Gasteiger partial charge in [0.1, 0.15) is 11.4 Å². The Labute approximate surface area is 118 Å². The van der Waals surface area contributed by atoms with E-state index in [0.29, 0.717) is 23.0 Å². The average Bonchev–Trinajstić information content (AvgIpc) is 2.80. The smallest absolute Gasteiger partial charge is 0.435 e. The molecule has 0 amide bonds. The molecule has 0 aliphatic carbocycles. The molecule has 1 heterocycles. The molecule has 2 rings (SSSR count). The first-order valence-corrected chi connectivity index (χ1v) is 6.27. The van der Waals surface area contributed by atoms with Crippen LogP contribution in [0, 0.1) is 6.92 Å². The molecule has 0 bridgehead atoms. The van der Waals surface area contributed by atoms with Gasteiger partial charge in [-0.15, -0.1) is 11.6 Å². The predicted octanol–water partition coefficient (Wildman–Crippen LogP) is 3.95. The Bertz CT molecular complexity index is 623. The van der Waals surface area contributed by atoms with Gasteiger partial charge in [0, 0.05) is 11.6 Å². The van der Waals surface area contributed by atoms with Crippen LogP contribution in [0.25, 0.3) is 5.69 Å². The molecule has 7 heteroatoms. The van der Waals surface area contributed by atoms with Gasteiger partial charge in [0.2, 0.25) is 0 Å². The molecule has 1 aromatic heterocycles. The summed E-state index contributed by atoms with van der Waals surface area (Å²) in [4.78, 5) is 0. The minimum Gasteiger partial charge on any atom is -0.494 e. The molecule has 3 nitrogen and oxygen atoms in total. The molecule has 0 N–H and O–H groups in total. The van der Waals surface area contributed by atoms with Gasteiger partial charge in [0.05, 0.1) is 7.11 Å². The molecule has 0 saturated heterocycles. The molecule has 0 aliphatic heterocycles. The van der Waals surface area contributed by atoms with Gasteiger partial charge < -0.3 is 4.74 Å². The van der Waals surface area contributed by atoms with Crippen LogP contribution in [0.4, 0.5) is 13.2 Å². The van der Waals surface area contributed by atoms with Crippen LogP contribution < -0.4 is 4.74 Å². The van der Waals surface area contributed by atoms with Crippen molar-refractivity contribution in [1.29, 1.82) is 0 Å². The largest absolute Gasteiger partial charge is 0.494 e. The second kappa shape index (κ2) is 5.36. The maximum Gasteiger partial charge on any atom is 0.435 e. The van der Waals surface area contributed by atoms with E-state index < -0.39 is 11.9 Å². The van der Waals surface area contributed by atoms with Gasteiger partial charge in [-0.25, -0.2) is 4.68 Å². The van der Waals surface area contributed by atoms with Gasteiger partial charge in [-0.2, -0.15) is 18.3 Å². The number of benzene rings is 1. The molecule has 2 aromatic rings. The van der Waals surface area contributed by atoms with E-state index in [1.807, 2.05) is 0 Å². The number of methoxy groups -OCH3 is 1. The number of hydrogen-bond acceptors (Lipinski definition) is 2. The fraction of sp³-hybridized carbons (Fsp3) is 0.308. The molecule has 20 heavy (non-hydrogen) atoms. The van der Waals surface area contributed by atoms with E-state index in [1.165, 1.54) is 11.8 Å². The van der Waals surface area contributed by atoms with Gasteiger partial charge in [0.25, 0.3) is 0 Å². The first-order valence-electron chi connectivity index (χ1n) is 5.74. The van der Waals surface area contributed by atoms with E-state index in [9.17, 15) is 13.2 Å². The molecular formula is C13H12ClF3N2O. The molecule has 0 fully saturated rings. The molecular weight excluding hydrogens is 293 g/mol. The fourth-order valence-corrected chi connectivity index (χ4v) is 2.00. The second-order valence-corrected chi connectivity index (χ2v) is 4.49. The summed E-state index contributed by atoms with van der Waals surface area (Å²) in [5, 5.41) is 3.59. The van der Waals surface area contributed by atoms with Gasteiger partial charge in [-0.3, -0.25) is 0 Å². The minimum atomic E-state index is -4.47. The number of halogens is 4. The van der Waals surface area contributed by atoms with Crippen LogP contribution in [-0.4, -0.2) is 16.9 Å². The zero-order valence-corrected chi connectivity index (χ0v) is 11.6. The highest BCUT2D eigenvalue weighted by Crippen LogP contribution is 2.31. The van der Waals surface area contributed by atoms with E-state index in [2.05, 4.69) is 5.10 Å². The van der Waals surface area contributed by atoms with Crippen molar-refractivity contribution in [2.45, 2.75) is 19.0 Å². The first kappa shape index (κ1) is 14.7. The number of alkyl halides is 4. The zero-order valence-electron chi connectivity index (χ0n) is 10.8. The quantitative estimate of drug-likeness (QED) is 0.803. The zero-order chi connectivity index (χ0) is 14.9. The summed E-state index contributed by atoms with van der Waals surface area (Å²) in [6.07, 6.45) is -4.47. The number of aryl methyl sites for hydroxylation is 1. The number of nitrogens with zero attached hydrogens (tertiary/aromatic N) is 2. The van der Waals surface area contributed by atoms with E-state index >= 15 is 0 Å². The lowest BCUT2D eigenvalue weighted by atomic mass is 10.2. The third kappa shape index (κ3) is 2.75. The van der Waals surface area contributed by atoms with Crippen molar-refractivity contribution in [3.63, 3.8) is 0 Å². The summed E-state index contributed by atoms with van der Waals surface area (Å²) < 4.78 is 44.4. The third-order valence-electron chi connectivity index (χ3n) is 2.80. The van der Waals surface area contributed by atoms with Crippen molar-refractivity contribution >= 4 is 11.6 Å². The number of hydrogen-bond donors (Lipinski definition) is 0. The van der Waals surface area contributed by atoms with Crippen LogP contribution in [0.2, 0.25) is 0 Å². The van der Waals surface area contributed by atoms with Gasteiger partial charge >= 0.3 is 6.18 Å². The van der Waals surface area contributed by atoms with Crippen LogP contribution in [0.1, 0.15) is 17.0 Å². The number of aromatic nitrogens is 2. The van der Waals surface area contributed by atoms with Crippen molar-refractivity contribution < 1.29 is 17.9 Å². The molecule has 0 aliphatic rings. The van der Waals surface area contributed by atoms with Gasteiger partial charge in [-0.05, 0) is 30.7 Å². The van der Waals surface area contributed by atoms with Gasteiger partial charge in [-0.1, -0.05) is 6.07 Å². The summed E-state index contributed by atoms with van der Waals surface area (Å²) in [5.74, 6) is 0.714. The third-order valence-corrected chi connectivity index (χ3v) is 3.11. The summed E-state index contributed by atoms with van der Waals surface area (Å²) in [7, 11) is 1.44. The highest BCUT2D eigenvalue weighted by molar-refractivity contribution is 6.17. The highest BCUT2D eigenvalue weighted by atomic mass is 35.5. The topological polar surface area (TPSA) is 27.1 Å². The van der Waals surface area contributed by atoms with E-state index in [-0.39, 0.29) is 0 Å². The molecule has 0 unspecified atom stereocenters. The Balaban J connectivity index is 2.54. The minimum absolute atomic E-state index is 0.294. The van der Waals surface area contributed by atoms with Crippen molar-refractivity contribution in [3.8, 4) is 11.4 Å². The monoisotopic (exact) mass is 304 g/mol. The van der Waals surface area contributed by atoms with Crippen molar-refractivity contribution in [2.75, 3.05) is 7.11 Å². The van der Waals surface area contributed by atoms with Crippen molar-refractivity contribution in [1.82, 2.24) is 9.78 Å². The Morgan fingerprint density at radius 1 is 1.30 bits per heavy atom. The SMILES string of the molecule is COc1cc(CCl)ccc1-n1nc(C(F)(F)F)cc1C. The second-order valence-electron chi connectivity index (χ2n) is 4.22. The first-order chi connectivity index (χ1) is 9.36. The highest BCUT2D eigenvalue weighted by Gasteiger charge is 2.34. The Morgan fingerprint density at radius 3 is 2.50 bits per heavy atom.